The Hall–Kier alpha value is -2.37. The average molecular weight is 305 g/mol. The summed E-state index contributed by atoms with van der Waals surface area (Å²) in [4.78, 5) is 12.2. The smallest absolute Gasteiger partial charge is 0.263 e. The van der Waals surface area contributed by atoms with Crippen LogP contribution in [0, 0.1) is 5.82 Å². The fourth-order valence-electron chi connectivity index (χ4n) is 1.93. The monoisotopic (exact) mass is 305 g/mol. The summed E-state index contributed by atoms with van der Waals surface area (Å²) in [5.74, 6) is -0.0939. The largest absolute Gasteiger partial charge is 0.478 e. The Balaban J connectivity index is 1.78. The van der Waals surface area contributed by atoms with Crippen LogP contribution in [0.3, 0.4) is 0 Å². The van der Waals surface area contributed by atoms with Crippen molar-refractivity contribution in [1.82, 2.24) is 15.1 Å². The van der Waals surface area contributed by atoms with Gasteiger partial charge >= 0.3 is 0 Å². The number of aryl methyl sites for hydroxylation is 1. The first-order chi connectivity index (χ1) is 10.5. The molecule has 1 amide bonds. The quantitative estimate of drug-likeness (QED) is 0.799. The number of halogens is 1. The second-order valence-corrected chi connectivity index (χ2v) is 5.44. The van der Waals surface area contributed by atoms with Crippen LogP contribution in [0.4, 0.5) is 4.39 Å². The Morgan fingerprint density at radius 1 is 1.36 bits per heavy atom. The molecule has 0 aliphatic carbocycles. The van der Waals surface area contributed by atoms with Crippen molar-refractivity contribution in [2.24, 2.45) is 0 Å². The number of nitrogens with one attached hydrogen (secondary N) is 1. The van der Waals surface area contributed by atoms with Crippen molar-refractivity contribution >= 4 is 5.91 Å². The van der Waals surface area contributed by atoms with Crippen molar-refractivity contribution in [3.8, 4) is 5.75 Å². The first-order valence-electron chi connectivity index (χ1n) is 7.18. The van der Waals surface area contributed by atoms with Gasteiger partial charge in [0.1, 0.15) is 11.6 Å². The zero-order chi connectivity index (χ0) is 16.0. The number of ether oxygens (including phenoxy) is 1. The molecule has 2 rings (SSSR count). The normalized spacial score (nSPS) is 11.2. The average Bonchev–Trinajstić information content (AvgIpc) is 2.99. The molecule has 0 saturated carbocycles. The van der Waals surface area contributed by atoms with Gasteiger partial charge in [-0.15, -0.1) is 0 Å². The number of hydrogen-bond donors (Lipinski definition) is 1. The summed E-state index contributed by atoms with van der Waals surface area (Å²) in [6, 6.07) is 7.46. The van der Waals surface area contributed by atoms with Crippen LogP contribution in [-0.2, 0) is 11.3 Å². The fraction of sp³-hybridized carbons (Fsp3) is 0.375. The third-order valence-corrected chi connectivity index (χ3v) is 3.14. The Morgan fingerprint density at radius 2 is 2.09 bits per heavy atom. The standard InChI is InChI=1S/C16H20FN3O2/c1-16(2,22-14-7-5-13(17)6-8-14)15(21)18-9-3-11-20-12-4-10-19-20/h4-8,10,12H,3,9,11H2,1-2H3,(H,18,21). The highest BCUT2D eigenvalue weighted by atomic mass is 19.1. The molecule has 0 bridgehead atoms. The van der Waals surface area contributed by atoms with Gasteiger partial charge in [0.05, 0.1) is 0 Å². The van der Waals surface area contributed by atoms with E-state index in [0.29, 0.717) is 12.3 Å². The molecule has 2 aromatic rings. The van der Waals surface area contributed by atoms with Crippen molar-refractivity contribution in [1.29, 1.82) is 0 Å². The van der Waals surface area contributed by atoms with Gasteiger partial charge in [0, 0.05) is 25.5 Å². The zero-order valence-electron chi connectivity index (χ0n) is 12.8. The summed E-state index contributed by atoms with van der Waals surface area (Å²) in [5, 5.41) is 6.93. The van der Waals surface area contributed by atoms with E-state index >= 15 is 0 Å². The Bertz CT molecular complexity index is 594. The summed E-state index contributed by atoms with van der Waals surface area (Å²) in [5.41, 5.74) is -1.02. The van der Waals surface area contributed by atoms with Crippen LogP contribution < -0.4 is 10.1 Å². The molecule has 6 heteroatoms. The van der Waals surface area contributed by atoms with Crippen LogP contribution in [0.5, 0.6) is 5.75 Å². The second kappa shape index (κ2) is 7.06. The Morgan fingerprint density at radius 3 is 2.73 bits per heavy atom. The topological polar surface area (TPSA) is 56.1 Å². The number of benzene rings is 1. The van der Waals surface area contributed by atoms with Crippen molar-refractivity contribution in [2.75, 3.05) is 6.54 Å². The lowest BCUT2D eigenvalue weighted by Crippen LogP contribution is -2.46. The van der Waals surface area contributed by atoms with E-state index in [-0.39, 0.29) is 11.7 Å². The number of aromatic nitrogens is 2. The molecule has 1 N–H and O–H groups in total. The van der Waals surface area contributed by atoms with Crippen LogP contribution >= 0.6 is 0 Å². The predicted octanol–water partition coefficient (Wildman–Crippen LogP) is 2.39. The van der Waals surface area contributed by atoms with Crippen LogP contribution in [0.25, 0.3) is 0 Å². The van der Waals surface area contributed by atoms with Crippen LogP contribution in [-0.4, -0.2) is 27.8 Å². The number of nitrogens with zero attached hydrogens (tertiary/aromatic N) is 2. The van der Waals surface area contributed by atoms with Gasteiger partial charge in [-0.3, -0.25) is 9.48 Å². The number of carbonyl (C=O) groups excluding carboxylic acids is 1. The van der Waals surface area contributed by atoms with Crippen molar-refractivity contribution < 1.29 is 13.9 Å². The third-order valence-electron chi connectivity index (χ3n) is 3.14. The summed E-state index contributed by atoms with van der Waals surface area (Å²) < 4.78 is 20.3. The van der Waals surface area contributed by atoms with Gasteiger partial charge in [-0.2, -0.15) is 5.10 Å². The maximum Gasteiger partial charge on any atom is 0.263 e. The molecule has 1 aromatic heterocycles. The molecule has 22 heavy (non-hydrogen) atoms. The third kappa shape index (κ3) is 4.58. The van der Waals surface area contributed by atoms with Gasteiger partial charge in [0.15, 0.2) is 5.60 Å². The molecule has 0 spiro atoms. The van der Waals surface area contributed by atoms with E-state index in [1.807, 2.05) is 16.9 Å². The molecule has 0 radical (unpaired) electrons. The van der Waals surface area contributed by atoms with Gasteiger partial charge < -0.3 is 10.1 Å². The highest BCUT2D eigenvalue weighted by Gasteiger charge is 2.29. The first kappa shape index (κ1) is 16.0. The highest BCUT2D eigenvalue weighted by Crippen LogP contribution is 2.18. The van der Waals surface area contributed by atoms with E-state index in [1.165, 1.54) is 24.3 Å². The molecule has 0 unspecified atom stereocenters. The van der Waals surface area contributed by atoms with Gasteiger partial charge in [-0.25, -0.2) is 4.39 Å². The molecule has 0 fully saturated rings. The van der Waals surface area contributed by atoms with Gasteiger partial charge in [-0.1, -0.05) is 0 Å². The summed E-state index contributed by atoms with van der Waals surface area (Å²) in [7, 11) is 0. The number of amides is 1. The summed E-state index contributed by atoms with van der Waals surface area (Å²) in [6.45, 7) is 4.64. The van der Waals surface area contributed by atoms with E-state index in [1.54, 1.807) is 20.0 Å². The minimum absolute atomic E-state index is 0.211. The van der Waals surface area contributed by atoms with Gasteiger partial charge in [0.25, 0.3) is 5.91 Å². The molecule has 0 atom stereocenters. The van der Waals surface area contributed by atoms with Crippen LogP contribution in [0.15, 0.2) is 42.7 Å². The lowest BCUT2D eigenvalue weighted by molar-refractivity contribution is -0.134. The molecule has 5 nitrogen and oxygen atoms in total. The summed E-state index contributed by atoms with van der Waals surface area (Å²) >= 11 is 0. The molecule has 1 heterocycles. The second-order valence-electron chi connectivity index (χ2n) is 5.44. The lowest BCUT2D eigenvalue weighted by atomic mass is 10.1. The van der Waals surface area contributed by atoms with E-state index in [4.69, 9.17) is 4.74 Å². The number of rotatable bonds is 7. The molecular weight excluding hydrogens is 285 g/mol. The fourth-order valence-corrected chi connectivity index (χ4v) is 1.93. The lowest BCUT2D eigenvalue weighted by Gasteiger charge is -2.25. The van der Waals surface area contributed by atoms with E-state index in [9.17, 15) is 9.18 Å². The van der Waals surface area contributed by atoms with Crippen molar-refractivity contribution in [2.45, 2.75) is 32.4 Å². The van der Waals surface area contributed by atoms with Gasteiger partial charge in [-0.05, 0) is 50.6 Å². The van der Waals surface area contributed by atoms with Crippen LogP contribution in [0.1, 0.15) is 20.3 Å². The Kier molecular flexibility index (Phi) is 5.14. The van der Waals surface area contributed by atoms with E-state index in [2.05, 4.69) is 10.4 Å². The predicted molar refractivity (Wildman–Crippen MR) is 81.0 cm³/mol. The molecule has 0 aliphatic heterocycles. The van der Waals surface area contributed by atoms with E-state index < -0.39 is 5.60 Å². The van der Waals surface area contributed by atoms with E-state index in [0.717, 1.165) is 13.0 Å². The SMILES string of the molecule is CC(C)(Oc1ccc(F)cc1)C(=O)NCCCn1cccn1. The zero-order valence-corrected chi connectivity index (χ0v) is 12.8. The van der Waals surface area contributed by atoms with Crippen molar-refractivity contribution in [3.05, 3.63) is 48.5 Å². The van der Waals surface area contributed by atoms with Gasteiger partial charge in [0.2, 0.25) is 0 Å². The minimum atomic E-state index is -1.02. The minimum Gasteiger partial charge on any atom is -0.478 e. The Labute approximate surface area is 129 Å². The molecule has 0 aliphatic rings. The molecule has 118 valence electrons. The first-order valence-corrected chi connectivity index (χ1v) is 7.18. The molecule has 0 saturated heterocycles. The molecule has 1 aromatic carbocycles. The van der Waals surface area contributed by atoms with Crippen LogP contribution in [0.2, 0.25) is 0 Å². The number of hydrogen-bond acceptors (Lipinski definition) is 3. The van der Waals surface area contributed by atoms with Crippen molar-refractivity contribution in [3.63, 3.8) is 0 Å². The maximum atomic E-state index is 12.9. The maximum absolute atomic E-state index is 12.9. The highest BCUT2D eigenvalue weighted by molar-refractivity contribution is 5.84. The number of carbonyl (C=O) groups is 1. The summed E-state index contributed by atoms with van der Waals surface area (Å²) in [6.07, 6.45) is 4.38. The molecular formula is C16H20FN3O2.